The zero-order valence-corrected chi connectivity index (χ0v) is 13.0. The van der Waals surface area contributed by atoms with Gasteiger partial charge in [-0.25, -0.2) is 4.39 Å². The molecule has 2 rings (SSSR count). The van der Waals surface area contributed by atoms with E-state index < -0.39 is 0 Å². The Labute approximate surface area is 130 Å². The third kappa shape index (κ3) is 3.77. The van der Waals surface area contributed by atoms with Crippen LogP contribution in [0.2, 0.25) is 0 Å². The molecule has 1 atom stereocenters. The van der Waals surface area contributed by atoms with Gasteiger partial charge in [-0.3, -0.25) is 0 Å². The van der Waals surface area contributed by atoms with Gasteiger partial charge in [-0.05, 0) is 49.7 Å². The van der Waals surface area contributed by atoms with E-state index in [2.05, 4.69) is 0 Å². The maximum atomic E-state index is 13.6. The first-order valence-electron chi connectivity index (χ1n) is 7.43. The fraction of sp³-hybridized carbons (Fsp3) is 0.333. The minimum absolute atomic E-state index is 0.0349. The highest BCUT2D eigenvalue weighted by Crippen LogP contribution is 2.32. The fourth-order valence-electron chi connectivity index (χ4n) is 2.58. The number of rotatable bonds is 7. The molecule has 2 aromatic carbocycles. The lowest BCUT2D eigenvalue weighted by Crippen LogP contribution is -2.16. The minimum atomic E-state index is -0.285. The Morgan fingerprint density at radius 2 is 1.91 bits per heavy atom. The Hall–Kier alpha value is -2.07. The normalized spacial score (nSPS) is 12.0. The number of halogens is 1. The molecule has 0 heterocycles. The summed E-state index contributed by atoms with van der Waals surface area (Å²) in [4.78, 5) is 0. The van der Waals surface area contributed by atoms with Crippen LogP contribution >= 0.6 is 0 Å². The monoisotopic (exact) mass is 303 g/mol. The van der Waals surface area contributed by atoms with E-state index in [0.29, 0.717) is 25.3 Å². The van der Waals surface area contributed by atoms with E-state index in [4.69, 9.17) is 15.2 Å². The van der Waals surface area contributed by atoms with Crippen LogP contribution in [-0.2, 0) is 6.42 Å². The summed E-state index contributed by atoms with van der Waals surface area (Å²) >= 11 is 0. The van der Waals surface area contributed by atoms with Crippen LogP contribution < -0.4 is 15.2 Å². The highest BCUT2D eigenvalue weighted by molar-refractivity contribution is 5.40. The smallest absolute Gasteiger partial charge is 0.123 e. The molecule has 0 aliphatic rings. The standard InChI is InChI=1S/C18H22FNO2/c1-3-22-17-7-5-4-6-13(17)10-14(12-20)16-11-15(19)8-9-18(16)21-2/h4-9,11,14H,3,10,12,20H2,1-2H3. The van der Waals surface area contributed by atoms with Gasteiger partial charge in [-0.1, -0.05) is 18.2 Å². The average Bonchev–Trinajstić information content (AvgIpc) is 2.54. The van der Waals surface area contributed by atoms with Crippen LogP contribution in [0.5, 0.6) is 11.5 Å². The number of para-hydroxylation sites is 1. The summed E-state index contributed by atoms with van der Waals surface area (Å²) in [5, 5.41) is 0. The molecular weight excluding hydrogens is 281 g/mol. The molecule has 0 aliphatic heterocycles. The quantitative estimate of drug-likeness (QED) is 0.851. The van der Waals surface area contributed by atoms with Gasteiger partial charge in [-0.2, -0.15) is 0 Å². The molecule has 0 bridgehead atoms. The van der Waals surface area contributed by atoms with Crippen molar-refractivity contribution < 1.29 is 13.9 Å². The SMILES string of the molecule is CCOc1ccccc1CC(CN)c1cc(F)ccc1OC. The van der Waals surface area contributed by atoms with Gasteiger partial charge in [0.15, 0.2) is 0 Å². The molecule has 1 unspecified atom stereocenters. The second kappa shape index (κ2) is 7.80. The van der Waals surface area contributed by atoms with E-state index in [1.165, 1.54) is 12.1 Å². The van der Waals surface area contributed by atoms with E-state index in [-0.39, 0.29) is 11.7 Å². The Bertz CT molecular complexity index is 616. The first-order valence-corrected chi connectivity index (χ1v) is 7.43. The maximum Gasteiger partial charge on any atom is 0.123 e. The molecule has 3 nitrogen and oxygen atoms in total. The molecule has 0 amide bonds. The zero-order chi connectivity index (χ0) is 15.9. The summed E-state index contributed by atoms with van der Waals surface area (Å²) in [6.07, 6.45) is 0.673. The molecule has 118 valence electrons. The molecule has 0 aliphatic carbocycles. The minimum Gasteiger partial charge on any atom is -0.496 e. The molecule has 0 spiro atoms. The molecule has 22 heavy (non-hydrogen) atoms. The maximum absolute atomic E-state index is 13.6. The van der Waals surface area contributed by atoms with Crippen molar-refractivity contribution in [1.82, 2.24) is 0 Å². The van der Waals surface area contributed by atoms with Gasteiger partial charge in [0.2, 0.25) is 0 Å². The van der Waals surface area contributed by atoms with Crippen molar-refractivity contribution in [1.29, 1.82) is 0 Å². The summed E-state index contributed by atoms with van der Waals surface area (Å²) in [5.74, 6) is 1.18. The second-order valence-electron chi connectivity index (χ2n) is 5.06. The van der Waals surface area contributed by atoms with Gasteiger partial charge in [0.05, 0.1) is 13.7 Å². The molecule has 0 saturated carbocycles. The number of hydrogen-bond donors (Lipinski definition) is 1. The summed E-state index contributed by atoms with van der Waals surface area (Å²) in [6.45, 7) is 2.96. The fourth-order valence-corrected chi connectivity index (χ4v) is 2.58. The molecular formula is C18H22FNO2. The number of benzene rings is 2. The molecule has 0 radical (unpaired) electrons. The van der Waals surface area contributed by atoms with E-state index in [9.17, 15) is 4.39 Å². The lowest BCUT2D eigenvalue weighted by atomic mass is 9.91. The lowest BCUT2D eigenvalue weighted by Gasteiger charge is -2.20. The highest BCUT2D eigenvalue weighted by Gasteiger charge is 2.18. The lowest BCUT2D eigenvalue weighted by molar-refractivity contribution is 0.335. The molecule has 0 fully saturated rings. The van der Waals surface area contributed by atoms with Crippen molar-refractivity contribution in [3.8, 4) is 11.5 Å². The van der Waals surface area contributed by atoms with Gasteiger partial charge >= 0.3 is 0 Å². The molecule has 2 aromatic rings. The van der Waals surface area contributed by atoms with Crippen molar-refractivity contribution >= 4 is 0 Å². The predicted octanol–water partition coefficient (Wildman–Crippen LogP) is 3.52. The van der Waals surface area contributed by atoms with E-state index in [1.807, 2.05) is 31.2 Å². The van der Waals surface area contributed by atoms with Crippen LogP contribution in [0.15, 0.2) is 42.5 Å². The molecule has 0 aromatic heterocycles. The number of hydrogen-bond acceptors (Lipinski definition) is 3. The zero-order valence-electron chi connectivity index (χ0n) is 13.0. The van der Waals surface area contributed by atoms with Crippen LogP contribution in [0.1, 0.15) is 24.0 Å². The van der Waals surface area contributed by atoms with Crippen LogP contribution in [0.4, 0.5) is 4.39 Å². The van der Waals surface area contributed by atoms with Gasteiger partial charge < -0.3 is 15.2 Å². The summed E-state index contributed by atoms with van der Waals surface area (Å²) in [5.41, 5.74) is 7.78. The number of nitrogens with two attached hydrogens (primary N) is 1. The summed E-state index contributed by atoms with van der Waals surface area (Å²) in [7, 11) is 1.58. The average molecular weight is 303 g/mol. The second-order valence-corrected chi connectivity index (χ2v) is 5.06. The van der Waals surface area contributed by atoms with Gasteiger partial charge in [-0.15, -0.1) is 0 Å². The Balaban J connectivity index is 2.32. The Morgan fingerprint density at radius 3 is 2.59 bits per heavy atom. The van der Waals surface area contributed by atoms with Crippen LogP contribution in [0, 0.1) is 5.82 Å². The summed E-state index contributed by atoms with van der Waals surface area (Å²) in [6, 6.07) is 12.4. The van der Waals surface area contributed by atoms with Crippen molar-refractivity contribution in [2.45, 2.75) is 19.3 Å². The highest BCUT2D eigenvalue weighted by atomic mass is 19.1. The molecule has 2 N–H and O–H groups in total. The Kier molecular flexibility index (Phi) is 5.78. The van der Waals surface area contributed by atoms with Crippen LogP contribution in [0.3, 0.4) is 0 Å². The third-order valence-electron chi connectivity index (χ3n) is 3.65. The van der Waals surface area contributed by atoms with Crippen LogP contribution in [0.25, 0.3) is 0 Å². The van der Waals surface area contributed by atoms with E-state index in [1.54, 1.807) is 13.2 Å². The van der Waals surface area contributed by atoms with Gasteiger partial charge in [0.1, 0.15) is 17.3 Å². The van der Waals surface area contributed by atoms with Crippen molar-refractivity contribution in [2.24, 2.45) is 5.73 Å². The van der Waals surface area contributed by atoms with Gasteiger partial charge in [0, 0.05) is 11.5 Å². The largest absolute Gasteiger partial charge is 0.496 e. The first-order chi connectivity index (χ1) is 10.7. The van der Waals surface area contributed by atoms with Crippen molar-refractivity contribution in [2.75, 3.05) is 20.3 Å². The predicted molar refractivity (Wildman–Crippen MR) is 86.1 cm³/mol. The summed E-state index contributed by atoms with van der Waals surface area (Å²) < 4.78 is 24.6. The third-order valence-corrected chi connectivity index (χ3v) is 3.65. The number of ether oxygens (including phenoxy) is 2. The van der Waals surface area contributed by atoms with Crippen molar-refractivity contribution in [3.05, 3.63) is 59.4 Å². The van der Waals surface area contributed by atoms with Gasteiger partial charge in [0.25, 0.3) is 0 Å². The van der Waals surface area contributed by atoms with E-state index >= 15 is 0 Å². The van der Waals surface area contributed by atoms with Crippen molar-refractivity contribution in [3.63, 3.8) is 0 Å². The number of methoxy groups -OCH3 is 1. The van der Waals surface area contributed by atoms with Crippen LogP contribution in [-0.4, -0.2) is 20.3 Å². The Morgan fingerprint density at radius 1 is 1.14 bits per heavy atom. The topological polar surface area (TPSA) is 44.5 Å². The first kappa shape index (κ1) is 16.3. The molecule has 4 heteroatoms. The van der Waals surface area contributed by atoms with E-state index in [0.717, 1.165) is 16.9 Å². The molecule has 0 saturated heterocycles.